The molecule has 0 aliphatic heterocycles. The molecule has 0 spiro atoms. The molecule has 0 bridgehead atoms. The Morgan fingerprint density at radius 2 is 1.81 bits per heavy atom. The van der Waals surface area contributed by atoms with Crippen molar-refractivity contribution in [3.05, 3.63) is 90.1 Å². The monoisotopic (exact) mass is 364 g/mol. The number of hydrogen-bond acceptors (Lipinski definition) is 3. The lowest BCUT2D eigenvalue weighted by Gasteiger charge is -2.17. The van der Waals surface area contributed by atoms with Crippen LogP contribution >= 0.6 is 12.2 Å². The first-order valence-electron chi connectivity index (χ1n) is 8.47. The SMILES string of the molecule is CCc1ccc(/C([O-])=C(/C(=S)NCc2ccco2)[n+]2ccccc2)cc1. The molecule has 0 aliphatic carbocycles. The highest BCUT2D eigenvalue weighted by Gasteiger charge is 2.18. The summed E-state index contributed by atoms with van der Waals surface area (Å²) >= 11 is 5.52. The van der Waals surface area contributed by atoms with Gasteiger partial charge in [0.25, 0.3) is 0 Å². The Hall–Kier alpha value is -2.92. The standard InChI is InChI=1S/C21H20N2O2S/c1-2-16-8-10-17(11-9-16)20(24)19(23-12-4-3-5-13-23)21(26)22-15-18-7-6-14-25-18/h3-14H,2,15H2,1H3,(H-,22,24,26). The maximum absolute atomic E-state index is 13.1. The van der Waals surface area contributed by atoms with Crippen molar-refractivity contribution >= 4 is 28.7 Å². The van der Waals surface area contributed by atoms with Crippen molar-refractivity contribution in [2.75, 3.05) is 0 Å². The first kappa shape index (κ1) is 17.9. The quantitative estimate of drug-likeness (QED) is 0.316. The highest BCUT2D eigenvalue weighted by molar-refractivity contribution is 7.81. The average Bonchev–Trinajstić information content (AvgIpc) is 3.21. The van der Waals surface area contributed by atoms with Crippen molar-refractivity contribution in [1.29, 1.82) is 0 Å². The number of nitrogens with zero attached hydrogens (tertiary/aromatic N) is 1. The molecule has 0 unspecified atom stereocenters. The fourth-order valence-electron chi connectivity index (χ4n) is 2.58. The first-order chi connectivity index (χ1) is 12.7. The van der Waals surface area contributed by atoms with Gasteiger partial charge in [-0.25, -0.2) is 0 Å². The summed E-state index contributed by atoms with van der Waals surface area (Å²) < 4.78 is 7.06. The Balaban J connectivity index is 1.95. The van der Waals surface area contributed by atoms with Gasteiger partial charge >= 0.3 is 0 Å². The van der Waals surface area contributed by atoms with Crippen molar-refractivity contribution in [2.45, 2.75) is 19.9 Å². The number of furan rings is 1. The van der Waals surface area contributed by atoms with Crippen molar-refractivity contribution < 1.29 is 14.1 Å². The summed E-state index contributed by atoms with van der Waals surface area (Å²) in [7, 11) is 0. The van der Waals surface area contributed by atoms with Gasteiger partial charge < -0.3 is 14.8 Å². The van der Waals surface area contributed by atoms with E-state index in [1.54, 1.807) is 10.8 Å². The van der Waals surface area contributed by atoms with Gasteiger partial charge in [-0.2, -0.15) is 4.57 Å². The largest absolute Gasteiger partial charge is 0.867 e. The minimum Gasteiger partial charge on any atom is -0.867 e. The summed E-state index contributed by atoms with van der Waals surface area (Å²) in [6.45, 7) is 2.51. The van der Waals surface area contributed by atoms with Crippen LogP contribution in [0, 0.1) is 0 Å². The van der Waals surface area contributed by atoms with Gasteiger partial charge in [-0.15, -0.1) is 0 Å². The van der Waals surface area contributed by atoms with E-state index in [1.807, 2.05) is 67.0 Å². The second-order valence-corrected chi connectivity index (χ2v) is 6.18. The summed E-state index contributed by atoms with van der Waals surface area (Å²) in [6, 6.07) is 16.9. The minimum atomic E-state index is -0.124. The van der Waals surface area contributed by atoms with Gasteiger partial charge in [-0.1, -0.05) is 49.5 Å². The maximum Gasteiger partial charge on any atom is 0.237 e. The van der Waals surface area contributed by atoms with E-state index in [0.717, 1.165) is 12.2 Å². The Labute approximate surface area is 158 Å². The smallest absolute Gasteiger partial charge is 0.237 e. The second-order valence-electron chi connectivity index (χ2n) is 5.77. The van der Waals surface area contributed by atoms with Crippen LogP contribution in [0.5, 0.6) is 0 Å². The van der Waals surface area contributed by atoms with E-state index in [-0.39, 0.29) is 5.76 Å². The highest BCUT2D eigenvalue weighted by Crippen LogP contribution is 2.16. The molecular weight excluding hydrogens is 344 g/mol. The van der Waals surface area contributed by atoms with E-state index in [2.05, 4.69) is 12.2 Å². The van der Waals surface area contributed by atoms with Gasteiger partial charge in [0.2, 0.25) is 5.70 Å². The molecule has 1 N–H and O–H groups in total. The van der Waals surface area contributed by atoms with Crippen molar-refractivity contribution in [3.63, 3.8) is 0 Å². The van der Waals surface area contributed by atoms with Gasteiger partial charge in [-0.05, 0) is 35.4 Å². The van der Waals surface area contributed by atoms with E-state index < -0.39 is 0 Å². The summed E-state index contributed by atoms with van der Waals surface area (Å²) in [5.41, 5.74) is 2.21. The number of aromatic nitrogens is 1. The maximum atomic E-state index is 13.1. The van der Waals surface area contributed by atoms with Crippen LogP contribution in [-0.4, -0.2) is 4.99 Å². The van der Waals surface area contributed by atoms with Gasteiger partial charge in [-0.3, -0.25) is 0 Å². The summed E-state index contributed by atoms with van der Waals surface area (Å²) in [4.78, 5) is 0.377. The number of benzene rings is 1. The molecule has 0 saturated heterocycles. The molecule has 0 fully saturated rings. The Morgan fingerprint density at radius 3 is 2.42 bits per heavy atom. The van der Waals surface area contributed by atoms with Crippen LogP contribution in [0.1, 0.15) is 23.8 Å². The highest BCUT2D eigenvalue weighted by atomic mass is 32.1. The van der Waals surface area contributed by atoms with Crippen molar-refractivity contribution in [2.24, 2.45) is 0 Å². The Morgan fingerprint density at radius 1 is 1.08 bits per heavy atom. The minimum absolute atomic E-state index is 0.124. The molecule has 0 atom stereocenters. The van der Waals surface area contributed by atoms with Gasteiger partial charge in [0.15, 0.2) is 17.4 Å². The molecule has 2 aromatic heterocycles. The van der Waals surface area contributed by atoms with Crippen molar-refractivity contribution in [1.82, 2.24) is 5.32 Å². The second kappa shape index (κ2) is 8.45. The molecule has 0 aliphatic rings. The number of rotatable bonds is 6. The lowest BCUT2D eigenvalue weighted by molar-refractivity contribution is -0.578. The number of aryl methyl sites for hydroxylation is 1. The summed E-state index contributed by atoms with van der Waals surface area (Å²) in [5.74, 6) is 0.630. The van der Waals surface area contributed by atoms with Crippen LogP contribution < -0.4 is 15.0 Å². The third kappa shape index (κ3) is 4.18. The molecule has 3 rings (SSSR count). The van der Waals surface area contributed by atoms with E-state index in [9.17, 15) is 5.11 Å². The normalized spacial score (nSPS) is 11.7. The molecule has 0 amide bonds. The van der Waals surface area contributed by atoms with Gasteiger partial charge in [0.05, 0.1) is 12.8 Å². The zero-order valence-corrected chi connectivity index (χ0v) is 15.3. The molecule has 1 aromatic carbocycles. The van der Waals surface area contributed by atoms with E-state index >= 15 is 0 Å². The van der Waals surface area contributed by atoms with Crippen LogP contribution in [0.3, 0.4) is 0 Å². The number of nitrogens with one attached hydrogen (secondary N) is 1. The molecule has 0 saturated carbocycles. The van der Waals surface area contributed by atoms with Crippen LogP contribution in [-0.2, 0) is 13.0 Å². The first-order valence-corrected chi connectivity index (χ1v) is 8.87. The zero-order chi connectivity index (χ0) is 18.4. The van der Waals surface area contributed by atoms with Crippen LogP contribution in [0.4, 0.5) is 0 Å². The van der Waals surface area contributed by atoms with Crippen LogP contribution in [0.2, 0.25) is 0 Å². The predicted octanol–water partition coefficient (Wildman–Crippen LogP) is 2.93. The lowest BCUT2D eigenvalue weighted by atomic mass is 10.1. The molecule has 3 aromatic rings. The number of pyridine rings is 1. The average molecular weight is 364 g/mol. The number of thiocarbonyl (C=S) groups is 1. The van der Waals surface area contributed by atoms with Crippen LogP contribution in [0.25, 0.3) is 11.5 Å². The van der Waals surface area contributed by atoms with Gasteiger partial charge in [0, 0.05) is 12.1 Å². The fourth-order valence-corrected chi connectivity index (χ4v) is 2.85. The fraction of sp³-hybridized carbons (Fsp3) is 0.143. The Bertz CT molecular complexity index is 886. The van der Waals surface area contributed by atoms with Crippen LogP contribution in [0.15, 0.2) is 77.7 Å². The molecule has 2 heterocycles. The van der Waals surface area contributed by atoms with E-state index in [0.29, 0.717) is 22.8 Å². The summed E-state index contributed by atoms with van der Waals surface area (Å²) in [6.07, 6.45) is 6.17. The van der Waals surface area contributed by atoms with Crippen molar-refractivity contribution in [3.8, 4) is 0 Å². The lowest BCUT2D eigenvalue weighted by Crippen LogP contribution is -2.42. The summed E-state index contributed by atoms with van der Waals surface area (Å²) in [5, 5.41) is 16.3. The third-order valence-electron chi connectivity index (χ3n) is 4.03. The Kier molecular flexibility index (Phi) is 5.81. The molecule has 4 nitrogen and oxygen atoms in total. The molecule has 26 heavy (non-hydrogen) atoms. The van der Waals surface area contributed by atoms with E-state index in [1.165, 1.54) is 5.56 Å². The van der Waals surface area contributed by atoms with E-state index in [4.69, 9.17) is 16.6 Å². The molecule has 5 heteroatoms. The molecule has 132 valence electrons. The molecular formula is C21H20N2O2S. The number of hydrogen-bond donors (Lipinski definition) is 1. The predicted molar refractivity (Wildman–Crippen MR) is 104 cm³/mol. The third-order valence-corrected chi connectivity index (χ3v) is 4.37. The van der Waals surface area contributed by atoms with Gasteiger partial charge in [0.1, 0.15) is 5.76 Å². The zero-order valence-electron chi connectivity index (χ0n) is 14.5. The molecule has 0 radical (unpaired) electrons. The topological polar surface area (TPSA) is 52.1 Å².